The summed E-state index contributed by atoms with van der Waals surface area (Å²) in [6.45, 7) is 0. The van der Waals surface area contributed by atoms with Crippen molar-refractivity contribution in [3.63, 3.8) is 0 Å². The van der Waals surface area contributed by atoms with Gasteiger partial charge in [-0.15, -0.1) is 10.1 Å². The van der Waals surface area contributed by atoms with Gasteiger partial charge in [-0.2, -0.15) is 0 Å². The second-order valence-corrected chi connectivity index (χ2v) is 7.75. The van der Waals surface area contributed by atoms with Gasteiger partial charge in [-0.05, 0) is 48.5 Å². The van der Waals surface area contributed by atoms with Crippen LogP contribution >= 0.6 is 23.2 Å². The van der Waals surface area contributed by atoms with Crippen LogP contribution in [0.4, 0.5) is 0 Å². The van der Waals surface area contributed by atoms with Gasteiger partial charge in [-0.25, -0.2) is 0 Å². The van der Waals surface area contributed by atoms with Crippen LogP contribution in [0, 0.1) is 0 Å². The van der Waals surface area contributed by atoms with Gasteiger partial charge in [0.1, 0.15) is 0 Å². The molecule has 0 aromatic heterocycles. The highest BCUT2D eigenvalue weighted by molar-refractivity contribution is 6.30. The first-order valence-corrected chi connectivity index (χ1v) is 10.1. The minimum Gasteiger partial charge on any atom is -0.334 e. The number of amides is 2. The van der Waals surface area contributed by atoms with Gasteiger partial charge < -0.3 is 5.32 Å². The third kappa shape index (κ3) is 4.37. The number of nitrogens with zero attached hydrogens (tertiary/aromatic N) is 1. The fourth-order valence-corrected chi connectivity index (χ4v) is 3.62. The van der Waals surface area contributed by atoms with Gasteiger partial charge in [-0.1, -0.05) is 53.5 Å². The molecule has 1 aliphatic rings. The molecular weight excluding hydrogens is 421 g/mol. The number of halogens is 2. The molecule has 4 rings (SSSR count). The predicted molar refractivity (Wildman–Crippen MR) is 117 cm³/mol. The van der Waals surface area contributed by atoms with Crippen molar-refractivity contribution in [2.45, 2.75) is 12.1 Å². The van der Waals surface area contributed by atoms with Crippen LogP contribution in [0.1, 0.15) is 27.5 Å². The molecule has 3 aromatic carbocycles. The Morgan fingerprint density at radius 3 is 2.13 bits per heavy atom. The summed E-state index contributed by atoms with van der Waals surface area (Å²) in [7, 11) is 0. The SMILES string of the molecule is O=C(N[C@@H]1C(=O)N/[N+](=C\c2ccc(Cl)cc2)[C@@H]1c1ccc(Cl)cc1)c1ccccc1. The molecule has 2 amide bonds. The van der Waals surface area contributed by atoms with E-state index in [9.17, 15) is 9.59 Å². The van der Waals surface area contributed by atoms with Crippen LogP contribution in [0.5, 0.6) is 0 Å². The lowest BCUT2D eigenvalue weighted by atomic mass is 10.00. The quantitative estimate of drug-likeness (QED) is 0.604. The number of carbonyl (C=O) groups is 2. The van der Waals surface area contributed by atoms with Gasteiger partial charge in [0.25, 0.3) is 5.91 Å². The van der Waals surface area contributed by atoms with Crippen LogP contribution < -0.4 is 10.7 Å². The van der Waals surface area contributed by atoms with Crippen LogP contribution in [0.15, 0.2) is 78.9 Å². The first-order chi connectivity index (χ1) is 14.5. The maximum atomic E-state index is 12.8. The third-order valence-electron chi connectivity index (χ3n) is 4.83. The number of hydrogen-bond donors (Lipinski definition) is 2. The molecule has 1 heterocycles. The van der Waals surface area contributed by atoms with Crippen LogP contribution in [-0.4, -0.2) is 28.8 Å². The Morgan fingerprint density at radius 2 is 1.50 bits per heavy atom. The van der Waals surface area contributed by atoms with Gasteiger partial charge in [0.2, 0.25) is 12.3 Å². The third-order valence-corrected chi connectivity index (χ3v) is 5.33. The predicted octanol–water partition coefficient (Wildman–Crippen LogP) is 4.01. The number of hydrazine groups is 1. The van der Waals surface area contributed by atoms with E-state index in [2.05, 4.69) is 10.7 Å². The van der Waals surface area contributed by atoms with Crippen LogP contribution in [0.25, 0.3) is 0 Å². The monoisotopic (exact) mass is 438 g/mol. The lowest BCUT2D eigenvalue weighted by Gasteiger charge is -2.14. The summed E-state index contributed by atoms with van der Waals surface area (Å²) in [6.07, 6.45) is 1.81. The molecule has 2 atom stereocenters. The number of benzene rings is 3. The molecule has 0 bridgehead atoms. The zero-order valence-corrected chi connectivity index (χ0v) is 17.3. The smallest absolute Gasteiger partial charge is 0.304 e. The highest BCUT2D eigenvalue weighted by Crippen LogP contribution is 2.27. The topological polar surface area (TPSA) is 61.2 Å². The molecule has 1 fully saturated rings. The summed E-state index contributed by atoms with van der Waals surface area (Å²) in [5, 5.41) is 4.08. The lowest BCUT2D eigenvalue weighted by Crippen LogP contribution is -2.42. The van der Waals surface area contributed by atoms with Crippen LogP contribution in [-0.2, 0) is 4.79 Å². The van der Waals surface area contributed by atoms with E-state index in [0.717, 1.165) is 11.1 Å². The fraction of sp³-hybridized carbons (Fsp3) is 0.0870. The standard InChI is InChI=1S/C23H17Cl2N3O2/c24-18-10-6-15(7-11-18)14-28-21(16-8-12-19(25)13-9-16)20(23(30)27-28)26-22(29)17-4-2-1-3-5-17/h1-14,20-21H,(H-,26,27,29,30)/p+1/b28-14-/t20-,21+/m0/s1. The maximum Gasteiger partial charge on any atom is 0.304 e. The molecule has 1 aliphatic heterocycles. The van der Waals surface area contributed by atoms with Crippen molar-refractivity contribution in [1.82, 2.24) is 10.7 Å². The Balaban J connectivity index is 1.70. The maximum absolute atomic E-state index is 12.8. The Morgan fingerprint density at radius 1 is 0.900 bits per heavy atom. The van der Waals surface area contributed by atoms with Crippen molar-refractivity contribution in [2.75, 3.05) is 0 Å². The van der Waals surface area contributed by atoms with E-state index in [1.54, 1.807) is 53.2 Å². The van der Waals surface area contributed by atoms with Crippen molar-refractivity contribution < 1.29 is 14.3 Å². The highest BCUT2D eigenvalue weighted by Gasteiger charge is 2.47. The van der Waals surface area contributed by atoms with Crippen molar-refractivity contribution in [1.29, 1.82) is 0 Å². The molecule has 0 spiro atoms. The summed E-state index contributed by atoms with van der Waals surface area (Å²) < 4.78 is 1.70. The van der Waals surface area contributed by atoms with E-state index in [-0.39, 0.29) is 11.8 Å². The molecule has 7 heteroatoms. The number of hydrazone groups is 1. The molecule has 2 N–H and O–H groups in total. The first kappa shape index (κ1) is 20.1. The van der Waals surface area contributed by atoms with Gasteiger partial charge in [0.15, 0.2) is 6.04 Å². The molecule has 0 radical (unpaired) electrons. The van der Waals surface area contributed by atoms with E-state index < -0.39 is 12.1 Å². The highest BCUT2D eigenvalue weighted by atomic mass is 35.5. The summed E-state index contributed by atoms with van der Waals surface area (Å²) in [6, 6.07) is 22.0. The van der Waals surface area contributed by atoms with Gasteiger partial charge in [-0.3, -0.25) is 9.59 Å². The first-order valence-electron chi connectivity index (χ1n) is 9.32. The Kier molecular flexibility index (Phi) is 5.84. The molecule has 1 saturated heterocycles. The second kappa shape index (κ2) is 8.69. The Bertz CT molecular complexity index is 1100. The largest absolute Gasteiger partial charge is 0.334 e. The summed E-state index contributed by atoms with van der Waals surface area (Å²) in [4.78, 5) is 25.5. The average Bonchev–Trinajstić information content (AvgIpc) is 3.05. The molecular formula is C23H18Cl2N3O2+. The number of nitrogens with one attached hydrogen (secondary N) is 2. The van der Waals surface area contributed by atoms with Crippen molar-refractivity contribution >= 4 is 41.2 Å². The van der Waals surface area contributed by atoms with Crippen LogP contribution in [0.3, 0.4) is 0 Å². The minimum absolute atomic E-state index is 0.301. The molecule has 5 nitrogen and oxygen atoms in total. The van der Waals surface area contributed by atoms with Gasteiger partial charge in [0.05, 0.1) is 0 Å². The van der Waals surface area contributed by atoms with Crippen LogP contribution in [0.2, 0.25) is 10.0 Å². The Labute approximate surface area is 183 Å². The zero-order chi connectivity index (χ0) is 21.1. The summed E-state index contributed by atoms with van der Waals surface area (Å²) in [5.74, 6) is -0.618. The van der Waals surface area contributed by atoms with Gasteiger partial charge >= 0.3 is 5.91 Å². The minimum atomic E-state index is -0.789. The molecule has 3 aromatic rings. The summed E-state index contributed by atoms with van der Waals surface area (Å²) in [5.41, 5.74) is 5.02. The Hall–Kier alpha value is -3.15. The lowest BCUT2D eigenvalue weighted by molar-refractivity contribution is -0.596. The van der Waals surface area contributed by atoms with Crippen molar-refractivity contribution in [3.05, 3.63) is 106 Å². The molecule has 0 aliphatic carbocycles. The normalized spacial score (nSPS) is 19.5. The molecule has 0 saturated carbocycles. The molecule has 30 heavy (non-hydrogen) atoms. The number of carbonyl (C=O) groups excluding carboxylic acids is 2. The van der Waals surface area contributed by atoms with E-state index in [0.29, 0.717) is 15.6 Å². The van der Waals surface area contributed by atoms with Crippen molar-refractivity contribution in [3.8, 4) is 0 Å². The van der Waals surface area contributed by atoms with E-state index in [4.69, 9.17) is 23.2 Å². The molecule has 0 unspecified atom stereocenters. The fourth-order valence-electron chi connectivity index (χ4n) is 3.36. The van der Waals surface area contributed by atoms with E-state index >= 15 is 0 Å². The van der Waals surface area contributed by atoms with E-state index in [1.807, 2.05) is 36.5 Å². The average molecular weight is 439 g/mol. The van der Waals surface area contributed by atoms with E-state index in [1.165, 1.54) is 0 Å². The van der Waals surface area contributed by atoms with Crippen molar-refractivity contribution in [2.24, 2.45) is 0 Å². The number of rotatable bonds is 4. The number of hydrogen-bond acceptors (Lipinski definition) is 2. The van der Waals surface area contributed by atoms with Gasteiger partial charge in [0, 0.05) is 26.7 Å². The second-order valence-electron chi connectivity index (χ2n) is 6.88. The summed E-state index contributed by atoms with van der Waals surface area (Å²) >= 11 is 12.0. The molecule has 150 valence electrons. The zero-order valence-electron chi connectivity index (χ0n) is 15.8.